The minimum Gasteiger partial charge on any atom is -0.497 e. The van der Waals surface area contributed by atoms with E-state index < -0.39 is 11.4 Å². The van der Waals surface area contributed by atoms with Crippen molar-refractivity contribution < 1.29 is 24.5 Å². The second-order valence-electron chi connectivity index (χ2n) is 14.8. The number of ether oxygens (including phenoxy) is 1. The third-order valence-electron chi connectivity index (χ3n) is 13.1. The summed E-state index contributed by atoms with van der Waals surface area (Å²) in [6, 6.07) is 6.98. The Morgan fingerprint density at radius 2 is 1.83 bits per heavy atom. The summed E-state index contributed by atoms with van der Waals surface area (Å²) in [5.41, 5.74) is 3.78. The molecule has 1 heterocycles. The van der Waals surface area contributed by atoms with E-state index in [1.807, 2.05) is 24.3 Å². The minimum absolute atomic E-state index is 0.132. The van der Waals surface area contributed by atoms with Crippen LogP contribution in [0.2, 0.25) is 0 Å². The molecular weight excluding hydrogens is 552 g/mol. The van der Waals surface area contributed by atoms with Gasteiger partial charge in [0.1, 0.15) is 17.2 Å². The molecule has 8 heteroatoms. The molecule has 232 valence electrons. The molecule has 5 aliphatic rings. The molecule has 6 rings (SSSR count). The number of rotatable bonds is 7. The van der Waals surface area contributed by atoms with Crippen LogP contribution >= 0.6 is 11.6 Å². The van der Waals surface area contributed by atoms with Gasteiger partial charge in [-0.05, 0) is 122 Å². The summed E-state index contributed by atoms with van der Waals surface area (Å²) in [5, 5.41) is 22.8. The molecule has 1 aromatic carbocycles. The number of amides is 2. The van der Waals surface area contributed by atoms with Crippen LogP contribution in [0.3, 0.4) is 0 Å². The molecule has 4 saturated carbocycles. The molecule has 0 radical (unpaired) electrons. The van der Waals surface area contributed by atoms with E-state index in [4.69, 9.17) is 16.3 Å². The fourth-order valence-corrected chi connectivity index (χ4v) is 11.0. The molecule has 3 N–H and O–H groups in total. The van der Waals surface area contributed by atoms with Gasteiger partial charge in [0.05, 0.1) is 19.3 Å². The molecule has 5 fully saturated rings. The topological polar surface area (TPSA) is 99.1 Å². The predicted molar refractivity (Wildman–Crippen MR) is 161 cm³/mol. The van der Waals surface area contributed by atoms with Crippen molar-refractivity contribution in [1.29, 1.82) is 0 Å². The number of carbonyl (C=O) groups is 2. The van der Waals surface area contributed by atoms with Crippen molar-refractivity contribution in [2.24, 2.45) is 46.3 Å². The second-order valence-corrected chi connectivity index (χ2v) is 15.2. The number of benzene rings is 1. The summed E-state index contributed by atoms with van der Waals surface area (Å²) in [6.07, 6.45) is 9.00. The number of aliphatic hydroxyl groups is 2. The number of aliphatic hydroxyl groups excluding tert-OH is 2. The van der Waals surface area contributed by atoms with Crippen LogP contribution in [0.4, 0.5) is 0 Å². The first kappa shape index (κ1) is 30.2. The van der Waals surface area contributed by atoms with Crippen LogP contribution in [-0.4, -0.2) is 51.7 Å². The summed E-state index contributed by atoms with van der Waals surface area (Å²) < 4.78 is 5.23. The van der Waals surface area contributed by atoms with Gasteiger partial charge in [0.15, 0.2) is 0 Å². The lowest BCUT2D eigenvalue weighted by atomic mass is 9.43. The maximum absolute atomic E-state index is 13.1. The maximum atomic E-state index is 13.1. The highest BCUT2D eigenvalue weighted by molar-refractivity contribution is 6.33. The molecule has 0 bridgehead atoms. The van der Waals surface area contributed by atoms with E-state index in [-0.39, 0.29) is 34.9 Å². The Kier molecular flexibility index (Phi) is 8.10. The fourth-order valence-electron chi connectivity index (χ4n) is 10.6. The molecule has 12 atom stereocenters. The van der Waals surface area contributed by atoms with Gasteiger partial charge in [0.2, 0.25) is 5.91 Å². The maximum Gasteiger partial charge on any atom is 0.262 e. The summed E-state index contributed by atoms with van der Waals surface area (Å²) >= 11 is 6.35. The van der Waals surface area contributed by atoms with Gasteiger partial charge in [-0.2, -0.15) is 0 Å². The minimum atomic E-state index is -0.708. The lowest BCUT2D eigenvalue weighted by Crippen LogP contribution is -2.63. The molecule has 0 unspecified atom stereocenters. The van der Waals surface area contributed by atoms with Crippen molar-refractivity contribution in [3.8, 4) is 5.75 Å². The van der Waals surface area contributed by atoms with E-state index in [0.717, 1.165) is 56.3 Å². The number of halogens is 1. The highest BCUT2D eigenvalue weighted by Crippen LogP contribution is 2.68. The van der Waals surface area contributed by atoms with Gasteiger partial charge in [-0.3, -0.25) is 15.0 Å². The van der Waals surface area contributed by atoms with Gasteiger partial charge < -0.3 is 14.9 Å². The molecule has 0 spiro atoms. The van der Waals surface area contributed by atoms with E-state index in [1.54, 1.807) is 7.11 Å². The van der Waals surface area contributed by atoms with Crippen LogP contribution in [0.5, 0.6) is 5.75 Å². The third-order valence-corrected chi connectivity index (χ3v) is 13.5. The zero-order valence-corrected chi connectivity index (χ0v) is 26.4. The van der Waals surface area contributed by atoms with Crippen LogP contribution < -0.4 is 10.2 Å². The number of methoxy groups -OCH3 is 1. The van der Waals surface area contributed by atoms with Crippen molar-refractivity contribution in [3.05, 3.63) is 29.8 Å². The number of fused-ring (bicyclic) bond motifs is 5. The largest absolute Gasteiger partial charge is 0.497 e. The normalized spacial score (nSPS) is 43.5. The number of hydrogen-bond acceptors (Lipinski definition) is 5. The summed E-state index contributed by atoms with van der Waals surface area (Å²) in [5.74, 6) is 3.19. The average Bonchev–Trinajstić information content (AvgIpc) is 3.35. The fraction of sp³-hybridized carbons (Fsp3) is 0.765. The second kappa shape index (κ2) is 11.3. The van der Waals surface area contributed by atoms with Crippen LogP contribution in [0, 0.1) is 46.3 Å². The number of β-lactam (4-membered cyclic amide) rings is 1. The van der Waals surface area contributed by atoms with Gasteiger partial charge in [-0.1, -0.05) is 32.9 Å². The van der Waals surface area contributed by atoms with Crippen LogP contribution in [-0.2, 0) is 9.59 Å². The molecule has 1 aliphatic heterocycles. The number of hydrogen-bond donors (Lipinski definition) is 3. The smallest absolute Gasteiger partial charge is 0.262 e. The standard InChI is InChI=1S/C34H49ClN2O5/c1-19(5-14-29(40)36-37-31(30(35)32(37)41)20-6-9-23(42-4)10-7-20)25-12-13-26-24-11-8-21-17-22(38)15-16-33(21,2)27(24)18-28(39)34(25,26)3/h6-7,9-10,19,21-22,24-28,30-31,38-39H,5,8,11-18H2,1-4H3,(H,36,40)/t19-,21+,22-,24+,25-,26+,27+,28+,30-,31-,33+,34-/m1/s1. The van der Waals surface area contributed by atoms with Gasteiger partial charge in [0, 0.05) is 6.42 Å². The van der Waals surface area contributed by atoms with Crippen LogP contribution in [0.15, 0.2) is 24.3 Å². The molecule has 1 saturated heterocycles. The van der Waals surface area contributed by atoms with Gasteiger partial charge in [0.25, 0.3) is 5.91 Å². The SMILES string of the molecule is COc1ccc([C@@H]2[C@@H](Cl)C(=O)N2NC(=O)CC[C@@H](C)[C@H]2CC[C@H]3[C@@H]4CC[C@H]5C[C@H](O)CC[C@]5(C)[C@H]4C[C@H](O)[C@]23C)cc1. The summed E-state index contributed by atoms with van der Waals surface area (Å²) in [4.78, 5) is 25.6. The first-order chi connectivity index (χ1) is 20.0. The Morgan fingerprint density at radius 1 is 1.10 bits per heavy atom. The highest BCUT2D eigenvalue weighted by atomic mass is 35.5. The quantitative estimate of drug-likeness (QED) is 0.279. The van der Waals surface area contributed by atoms with Crippen molar-refractivity contribution in [3.63, 3.8) is 0 Å². The van der Waals surface area contributed by atoms with Crippen molar-refractivity contribution in [2.75, 3.05) is 7.11 Å². The Labute approximate surface area is 255 Å². The number of nitrogens with one attached hydrogen (secondary N) is 1. The lowest BCUT2D eigenvalue weighted by Gasteiger charge is -2.62. The van der Waals surface area contributed by atoms with E-state index in [9.17, 15) is 19.8 Å². The highest BCUT2D eigenvalue weighted by Gasteiger charge is 2.63. The zero-order valence-electron chi connectivity index (χ0n) is 25.6. The van der Waals surface area contributed by atoms with Crippen molar-refractivity contribution in [1.82, 2.24) is 10.4 Å². The summed E-state index contributed by atoms with van der Waals surface area (Å²) in [7, 11) is 1.60. The monoisotopic (exact) mass is 600 g/mol. The Morgan fingerprint density at radius 3 is 2.55 bits per heavy atom. The van der Waals surface area contributed by atoms with Crippen LogP contribution in [0.1, 0.15) is 96.6 Å². The van der Waals surface area contributed by atoms with Crippen LogP contribution in [0.25, 0.3) is 0 Å². The Hall–Kier alpha value is -1.83. The predicted octanol–water partition coefficient (Wildman–Crippen LogP) is 5.62. The van der Waals surface area contributed by atoms with Crippen molar-refractivity contribution >= 4 is 23.4 Å². The molecule has 4 aliphatic carbocycles. The third kappa shape index (κ3) is 4.77. The summed E-state index contributed by atoms with van der Waals surface area (Å²) in [6.45, 7) is 7.04. The Balaban J connectivity index is 1.08. The zero-order chi connectivity index (χ0) is 30.0. The molecule has 1 aromatic rings. The number of hydrazine groups is 1. The van der Waals surface area contributed by atoms with E-state index in [0.29, 0.717) is 41.9 Å². The van der Waals surface area contributed by atoms with E-state index >= 15 is 0 Å². The average molecular weight is 601 g/mol. The van der Waals surface area contributed by atoms with E-state index in [2.05, 4.69) is 26.2 Å². The molecule has 2 amide bonds. The van der Waals surface area contributed by atoms with Gasteiger partial charge >= 0.3 is 0 Å². The van der Waals surface area contributed by atoms with Gasteiger partial charge in [-0.15, -0.1) is 11.6 Å². The van der Waals surface area contributed by atoms with E-state index in [1.165, 1.54) is 17.9 Å². The first-order valence-electron chi connectivity index (χ1n) is 16.3. The Bertz CT molecular complexity index is 1180. The first-order valence-corrected chi connectivity index (χ1v) is 16.7. The van der Waals surface area contributed by atoms with Crippen molar-refractivity contribution in [2.45, 2.75) is 109 Å². The molecule has 7 nitrogen and oxygen atoms in total. The lowest BCUT2D eigenvalue weighted by molar-refractivity contribution is -0.175. The molecule has 42 heavy (non-hydrogen) atoms. The number of alkyl halides is 1. The number of carbonyl (C=O) groups excluding carboxylic acids is 2. The molecular formula is C34H49ClN2O5. The van der Waals surface area contributed by atoms with Gasteiger partial charge in [-0.25, -0.2) is 5.01 Å². The number of nitrogens with zero attached hydrogens (tertiary/aromatic N) is 1. The molecule has 0 aromatic heterocycles.